The molecule has 16 heavy (non-hydrogen) atoms. The average Bonchev–Trinajstić information content (AvgIpc) is 2.72. The fourth-order valence-corrected chi connectivity index (χ4v) is 2.68. The van der Waals surface area contributed by atoms with E-state index in [1.165, 1.54) is 16.4 Å². The Kier molecular flexibility index (Phi) is 1.84. The third-order valence-corrected chi connectivity index (χ3v) is 3.51. The Morgan fingerprint density at radius 1 is 1.38 bits per heavy atom. The molecule has 0 radical (unpaired) electrons. The minimum absolute atomic E-state index is 0.105. The van der Waals surface area contributed by atoms with Crippen molar-refractivity contribution in [2.45, 2.75) is 10.1 Å². The molecule has 3 heterocycles. The second-order valence-corrected chi connectivity index (χ2v) is 4.48. The summed E-state index contributed by atoms with van der Waals surface area (Å²) in [6.45, 7) is 0. The van der Waals surface area contributed by atoms with E-state index in [0.29, 0.717) is 5.69 Å². The predicted octanol–water partition coefficient (Wildman–Crippen LogP) is 0.341. The van der Waals surface area contributed by atoms with Crippen LogP contribution < -0.4 is 10.6 Å². The first-order valence-electron chi connectivity index (χ1n) is 4.70. The number of hydrogen-bond acceptors (Lipinski definition) is 5. The molecule has 0 atom stereocenters. The van der Waals surface area contributed by atoms with Crippen molar-refractivity contribution in [2.24, 2.45) is 7.05 Å². The highest BCUT2D eigenvalue weighted by Gasteiger charge is 2.24. The molecule has 0 fully saturated rings. The fourth-order valence-electron chi connectivity index (χ4n) is 1.67. The number of fused-ring (bicyclic) bond motifs is 2. The zero-order valence-electron chi connectivity index (χ0n) is 8.78. The first kappa shape index (κ1) is 9.46. The van der Waals surface area contributed by atoms with E-state index in [4.69, 9.17) is 0 Å². The van der Waals surface area contributed by atoms with E-state index in [1.54, 1.807) is 24.5 Å². The Morgan fingerprint density at radius 3 is 3.00 bits per heavy atom. The molecule has 82 valence electrons. The second-order valence-electron chi connectivity index (χ2n) is 3.47. The van der Waals surface area contributed by atoms with Gasteiger partial charge in [0.1, 0.15) is 5.69 Å². The van der Waals surface area contributed by atoms with Gasteiger partial charge in [-0.15, -0.1) is 0 Å². The lowest BCUT2D eigenvalue weighted by Crippen LogP contribution is -2.35. The largest absolute Gasteiger partial charge is 0.293 e. The third kappa shape index (κ3) is 1.12. The Labute approximate surface area is 95.5 Å². The number of imidazole rings is 1. The highest BCUT2D eigenvalue weighted by molar-refractivity contribution is 7.99. The second kappa shape index (κ2) is 3.11. The zero-order chi connectivity index (χ0) is 11.3. The number of nitrogens with zero attached hydrogens (tertiary/aromatic N) is 5. The highest BCUT2D eigenvalue weighted by atomic mass is 32.2. The standard InChI is InChI=1S/C9H9N5OS/c1-12-8(15)7-6(5-11-12)16-9-10-3-4-14(9)13(7)2/h3-5H,1-2H3. The number of rotatable bonds is 0. The highest BCUT2D eigenvalue weighted by Crippen LogP contribution is 2.36. The Morgan fingerprint density at radius 2 is 2.19 bits per heavy atom. The van der Waals surface area contributed by atoms with Crippen LogP contribution in [0.2, 0.25) is 0 Å². The topological polar surface area (TPSA) is 56.0 Å². The average molecular weight is 235 g/mol. The molecule has 0 saturated heterocycles. The van der Waals surface area contributed by atoms with Crippen molar-refractivity contribution >= 4 is 17.4 Å². The van der Waals surface area contributed by atoms with Gasteiger partial charge in [0.25, 0.3) is 5.56 Å². The van der Waals surface area contributed by atoms with Gasteiger partial charge in [-0.25, -0.2) is 14.3 Å². The van der Waals surface area contributed by atoms with Crippen molar-refractivity contribution in [1.29, 1.82) is 0 Å². The van der Waals surface area contributed by atoms with E-state index in [2.05, 4.69) is 10.1 Å². The summed E-state index contributed by atoms with van der Waals surface area (Å²) in [5, 5.41) is 6.63. The molecule has 0 spiro atoms. The molecule has 0 aliphatic carbocycles. The monoisotopic (exact) mass is 235 g/mol. The van der Waals surface area contributed by atoms with Crippen LogP contribution in [0.3, 0.4) is 0 Å². The first-order valence-corrected chi connectivity index (χ1v) is 5.51. The fraction of sp³-hybridized carbons (Fsp3) is 0.222. The normalized spacial score (nSPS) is 13.5. The number of aromatic nitrogens is 4. The Hall–Kier alpha value is -1.76. The molecule has 0 saturated carbocycles. The van der Waals surface area contributed by atoms with E-state index in [-0.39, 0.29) is 5.56 Å². The molecule has 1 aliphatic heterocycles. The van der Waals surface area contributed by atoms with Gasteiger partial charge in [-0.3, -0.25) is 9.80 Å². The van der Waals surface area contributed by atoms with Crippen molar-refractivity contribution in [3.63, 3.8) is 0 Å². The summed E-state index contributed by atoms with van der Waals surface area (Å²) in [6.07, 6.45) is 5.23. The molecule has 6 nitrogen and oxygen atoms in total. The quantitative estimate of drug-likeness (QED) is 0.659. The summed E-state index contributed by atoms with van der Waals surface area (Å²) in [6, 6.07) is 0. The summed E-state index contributed by atoms with van der Waals surface area (Å²) >= 11 is 1.45. The maximum atomic E-state index is 12.0. The first-order chi connectivity index (χ1) is 7.68. The van der Waals surface area contributed by atoms with Gasteiger partial charge in [0.2, 0.25) is 0 Å². The van der Waals surface area contributed by atoms with E-state index < -0.39 is 0 Å². The van der Waals surface area contributed by atoms with Crippen molar-refractivity contribution in [1.82, 2.24) is 19.4 Å². The summed E-state index contributed by atoms with van der Waals surface area (Å²) in [4.78, 5) is 17.0. The van der Waals surface area contributed by atoms with Crippen LogP contribution >= 0.6 is 11.8 Å². The lowest BCUT2D eigenvalue weighted by molar-refractivity contribution is 0.635. The maximum absolute atomic E-state index is 12.0. The van der Waals surface area contributed by atoms with Gasteiger partial charge < -0.3 is 0 Å². The van der Waals surface area contributed by atoms with Crippen LogP contribution in [0.1, 0.15) is 0 Å². The summed E-state index contributed by atoms with van der Waals surface area (Å²) in [5.74, 6) is 0. The van der Waals surface area contributed by atoms with Crippen molar-refractivity contribution in [2.75, 3.05) is 12.1 Å². The molecule has 0 aromatic carbocycles. The predicted molar refractivity (Wildman–Crippen MR) is 59.6 cm³/mol. The SMILES string of the molecule is CN1c2c(cnn(C)c2=O)Sc2nccn21. The van der Waals surface area contributed by atoms with E-state index in [0.717, 1.165) is 10.1 Å². The summed E-state index contributed by atoms with van der Waals surface area (Å²) in [7, 11) is 3.48. The molecule has 0 N–H and O–H groups in total. The molecular weight excluding hydrogens is 226 g/mol. The van der Waals surface area contributed by atoms with Crippen molar-refractivity contribution < 1.29 is 0 Å². The van der Waals surface area contributed by atoms with Gasteiger partial charge in [0.15, 0.2) is 5.16 Å². The van der Waals surface area contributed by atoms with Gasteiger partial charge in [0, 0.05) is 26.5 Å². The molecule has 7 heteroatoms. The van der Waals surface area contributed by atoms with E-state index in [9.17, 15) is 4.79 Å². The van der Waals surface area contributed by atoms with Crippen LogP contribution in [0.4, 0.5) is 5.69 Å². The van der Waals surface area contributed by atoms with Crippen LogP contribution in [-0.4, -0.2) is 26.5 Å². The molecule has 0 amide bonds. The third-order valence-electron chi connectivity index (χ3n) is 2.51. The van der Waals surface area contributed by atoms with Crippen LogP contribution in [0, 0.1) is 0 Å². The molecule has 0 unspecified atom stereocenters. The van der Waals surface area contributed by atoms with Crippen LogP contribution in [0.5, 0.6) is 0 Å². The minimum atomic E-state index is -0.105. The summed E-state index contributed by atoms with van der Waals surface area (Å²) in [5.41, 5.74) is 0.528. The van der Waals surface area contributed by atoms with Gasteiger partial charge >= 0.3 is 0 Å². The molecule has 2 aromatic rings. The van der Waals surface area contributed by atoms with Gasteiger partial charge in [-0.2, -0.15) is 5.10 Å². The van der Waals surface area contributed by atoms with Gasteiger partial charge in [-0.1, -0.05) is 0 Å². The van der Waals surface area contributed by atoms with E-state index in [1.807, 2.05) is 17.9 Å². The van der Waals surface area contributed by atoms with Crippen molar-refractivity contribution in [3.8, 4) is 0 Å². The maximum Gasteiger partial charge on any atom is 0.293 e. The van der Waals surface area contributed by atoms with Crippen molar-refractivity contribution in [3.05, 3.63) is 28.9 Å². The van der Waals surface area contributed by atoms with Crippen LogP contribution in [-0.2, 0) is 7.05 Å². The molecule has 3 rings (SSSR count). The zero-order valence-corrected chi connectivity index (χ0v) is 9.60. The lowest BCUT2D eigenvalue weighted by atomic mass is 10.4. The molecular formula is C9H9N5OS. The summed E-state index contributed by atoms with van der Waals surface area (Å²) < 4.78 is 3.17. The Balaban J connectivity index is 2.29. The number of aryl methyl sites for hydroxylation is 1. The van der Waals surface area contributed by atoms with E-state index >= 15 is 0 Å². The smallest absolute Gasteiger partial charge is 0.276 e. The number of hydrogen-bond donors (Lipinski definition) is 0. The lowest BCUT2D eigenvalue weighted by Gasteiger charge is -2.27. The van der Waals surface area contributed by atoms with Crippen LogP contribution in [0.15, 0.2) is 33.4 Å². The molecule has 2 aromatic heterocycles. The molecule has 1 aliphatic rings. The minimum Gasteiger partial charge on any atom is -0.276 e. The Bertz CT molecular complexity index is 617. The molecule has 0 bridgehead atoms. The van der Waals surface area contributed by atoms with Crippen LogP contribution in [0.25, 0.3) is 0 Å². The van der Waals surface area contributed by atoms with Gasteiger partial charge in [-0.05, 0) is 11.8 Å². The number of anilines is 1. The van der Waals surface area contributed by atoms with Gasteiger partial charge in [0.05, 0.1) is 11.1 Å².